The fraction of sp³-hybridized carbons (Fsp3) is 0.192. The van der Waals surface area contributed by atoms with E-state index in [0.29, 0.717) is 28.4 Å². The second-order valence-corrected chi connectivity index (χ2v) is 7.77. The second-order valence-electron chi connectivity index (χ2n) is 7.77. The molecule has 0 atom stereocenters. The van der Waals surface area contributed by atoms with Crippen LogP contribution in [0.25, 0.3) is 11.4 Å². The predicted octanol–water partition coefficient (Wildman–Crippen LogP) is 3.57. The van der Waals surface area contributed by atoms with Crippen molar-refractivity contribution in [1.29, 1.82) is 0 Å². The molecular formula is C26H26N6O4. The number of hydrogen-bond acceptors (Lipinski definition) is 7. The molecule has 0 aliphatic heterocycles. The Labute approximate surface area is 208 Å². The molecule has 10 nitrogen and oxygen atoms in total. The third kappa shape index (κ3) is 6.23. The summed E-state index contributed by atoms with van der Waals surface area (Å²) < 4.78 is 10.8. The molecule has 0 fully saturated rings. The van der Waals surface area contributed by atoms with E-state index in [0.717, 1.165) is 6.42 Å². The van der Waals surface area contributed by atoms with Crippen LogP contribution < -0.4 is 20.1 Å². The molecular weight excluding hydrogens is 460 g/mol. The Balaban J connectivity index is 1.38. The molecule has 0 bridgehead atoms. The van der Waals surface area contributed by atoms with E-state index in [-0.39, 0.29) is 30.8 Å². The number of rotatable bonds is 10. The summed E-state index contributed by atoms with van der Waals surface area (Å²) in [5, 5.41) is 17.9. The van der Waals surface area contributed by atoms with Gasteiger partial charge in [-0.2, -0.15) is 4.80 Å². The first kappa shape index (κ1) is 24.4. The van der Waals surface area contributed by atoms with E-state index in [1.807, 2.05) is 30.3 Å². The number of nitrogens with zero attached hydrogens (tertiary/aromatic N) is 4. The number of nitrogens with one attached hydrogen (secondary N) is 2. The van der Waals surface area contributed by atoms with Crippen LogP contribution in [0, 0.1) is 0 Å². The summed E-state index contributed by atoms with van der Waals surface area (Å²) >= 11 is 0. The monoisotopic (exact) mass is 486 g/mol. The summed E-state index contributed by atoms with van der Waals surface area (Å²) in [6.45, 7) is 1.78. The van der Waals surface area contributed by atoms with Gasteiger partial charge in [0.15, 0.2) is 6.61 Å². The van der Waals surface area contributed by atoms with E-state index in [9.17, 15) is 9.59 Å². The Hall–Kier alpha value is -4.73. The number of aryl methyl sites for hydroxylation is 1. The first-order chi connectivity index (χ1) is 17.6. The van der Waals surface area contributed by atoms with Crippen LogP contribution in [0.5, 0.6) is 11.5 Å². The first-order valence-corrected chi connectivity index (χ1v) is 11.4. The fourth-order valence-electron chi connectivity index (χ4n) is 3.43. The van der Waals surface area contributed by atoms with Gasteiger partial charge in [0.25, 0.3) is 5.91 Å². The van der Waals surface area contributed by atoms with Crippen molar-refractivity contribution in [3.05, 3.63) is 78.4 Å². The lowest BCUT2D eigenvalue weighted by atomic mass is 10.1. The molecule has 0 radical (unpaired) electrons. The summed E-state index contributed by atoms with van der Waals surface area (Å²) in [6.07, 6.45) is 0.933. The Bertz CT molecular complexity index is 1340. The molecule has 0 saturated carbocycles. The van der Waals surface area contributed by atoms with Crippen LogP contribution in [-0.4, -0.2) is 45.7 Å². The van der Waals surface area contributed by atoms with Crippen molar-refractivity contribution < 1.29 is 19.1 Å². The van der Waals surface area contributed by atoms with Crippen LogP contribution in [0.4, 0.5) is 11.4 Å². The maximum atomic E-state index is 12.5. The summed E-state index contributed by atoms with van der Waals surface area (Å²) in [4.78, 5) is 26.2. The van der Waals surface area contributed by atoms with E-state index in [1.54, 1.807) is 42.5 Å². The van der Waals surface area contributed by atoms with Gasteiger partial charge < -0.3 is 20.1 Å². The van der Waals surface area contributed by atoms with E-state index in [2.05, 4.69) is 33.0 Å². The summed E-state index contributed by atoms with van der Waals surface area (Å²) in [5.74, 6) is 0.767. The van der Waals surface area contributed by atoms with E-state index in [4.69, 9.17) is 9.47 Å². The summed E-state index contributed by atoms with van der Waals surface area (Å²) in [5.41, 5.74) is 2.81. The Morgan fingerprint density at radius 3 is 2.33 bits per heavy atom. The molecule has 1 heterocycles. The van der Waals surface area contributed by atoms with Gasteiger partial charge in [-0.3, -0.25) is 9.59 Å². The minimum Gasteiger partial charge on any atom is -0.495 e. The van der Waals surface area contributed by atoms with E-state index in [1.165, 1.54) is 17.5 Å². The fourth-order valence-corrected chi connectivity index (χ4v) is 3.43. The molecule has 4 aromatic rings. The molecule has 0 saturated heterocycles. The molecule has 4 rings (SSSR count). The highest BCUT2D eigenvalue weighted by Crippen LogP contribution is 2.25. The average Bonchev–Trinajstić information content (AvgIpc) is 3.36. The maximum Gasteiger partial charge on any atom is 0.262 e. The van der Waals surface area contributed by atoms with Gasteiger partial charge in [-0.1, -0.05) is 43.3 Å². The Kier molecular flexibility index (Phi) is 7.87. The van der Waals surface area contributed by atoms with Crippen LogP contribution >= 0.6 is 0 Å². The van der Waals surface area contributed by atoms with Crippen LogP contribution in [-0.2, 0) is 22.6 Å². The molecule has 10 heteroatoms. The number of hydrogen-bond donors (Lipinski definition) is 2. The van der Waals surface area contributed by atoms with Gasteiger partial charge in [0, 0.05) is 5.56 Å². The molecule has 2 N–H and O–H groups in total. The topological polar surface area (TPSA) is 120 Å². The number of benzene rings is 3. The molecule has 184 valence electrons. The van der Waals surface area contributed by atoms with Crippen molar-refractivity contribution in [2.24, 2.45) is 0 Å². The SMILES string of the molecule is CCc1ccc(OCC(=O)Nc2ccccc2-c2nnn(CC(=O)Nc3ccccc3OC)n2)cc1. The number of anilines is 2. The van der Waals surface area contributed by atoms with Gasteiger partial charge in [-0.15, -0.1) is 10.2 Å². The molecule has 1 aromatic heterocycles. The number of carbonyl (C=O) groups is 2. The molecule has 0 aliphatic rings. The minimum absolute atomic E-state index is 0.149. The summed E-state index contributed by atoms with van der Waals surface area (Å²) in [7, 11) is 1.53. The highest BCUT2D eigenvalue weighted by atomic mass is 16.5. The van der Waals surface area contributed by atoms with Crippen LogP contribution in [0.15, 0.2) is 72.8 Å². The molecule has 36 heavy (non-hydrogen) atoms. The molecule has 2 amide bonds. The van der Waals surface area contributed by atoms with Crippen molar-refractivity contribution in [2.45, 2.75) is 19.9 Å². The third-order valence-corrected chi connectivity index (χ3v) is 5.26. The lowest BCUT2D eigenvalue weighted by molar-refractivity contribution is -0.118. The van der Waals surface area contributed by atoms with Gasteiger partial charge >= 0.3 is 0 Å². The predicted molar refractivity (Wildman–Crippen MR) is 135 cm³/mol. The largest absolute Gasteiger partial charge is 0.495 e. The van der Waals surface area contributed by atoms with Crippen molar-refractivity contribution in [3.8, 4) is 22.9 Å². The zero-order valence-electron chi connectivity index (χ0n) is 20.0. The lowest BCUT2D eigenvalue weighted by Crippen LogP contribution is -2.21. The Morgan fingerprint density at radius 2 is 1.58 bits per heavy atom. The number of carbonyl (C=O) groups excluding carboxylic acids is 2. The number of para-hydroxylation sites is 3. The smallest absolute Gasteiger partial charge is 0.262 e. The number of methoxy groups -OCH3 is 1. The van der Waals surface area contributed by atoms with Crippen LogP contribution in [0.2, 0.25) is 0 Å². The van der Waals surface area contributed by atoms with Gasteiger partial charge in [-0.05, 0) is 53.6 Å². The van der Waals surface area contributed by atoms with Crippen molar-refractivity contribution >= 4 is 23.2 Å². The first-order valence-electron chi connectivity index (χ1n) is 11.4. The van der Waals surface area contributed by atoms with Gasteiger partial charge in [0.05, 0.1) is 18.5 Å². The number of tetrazole rings is 1. The maximum absolute atomic E-state index is 12.5. The standard InChI is InChI=1S/C26H26N6O4/c1-3-18-12-14-19(15-13-18)36-17-25(34)27-21-9-5-4-8-20(21)26-29-31-32(30-26)16-24(33)28-22-10-6-7-11-23(22)35-2/h4-15H,3,16-17H2,1-2H3,(H,27,34)(H,28,33). The normalized spacial score (nSPS) is 10.5. The van der Waals surface area contributed by atoms with Crippen molar-refractivity contribution in [3.63, 3.8) is 0 Å². The zero-order chi connectivity index (χ0) is 25.3. The molecule has 3 aromatic carbocycles. The van der Waals surface area contributed by atoms with Gasteiger partial charge in [-0.25, -0.2) is 0 Å². The van der Waals surface area contributed by atoms with Crippen molar-refractivity contribution in [2.75, 3.05) is 24.4 Å². The minimum atomic E-state index is -0.339. The van der Waals surface area contributed by atoms with E-state index >= 15 is 0 Å². The number of amides is 2. The Morgan fingerprint density at radius 1 is 0.889 bits per heavy atom. The van der Waals surface area contributed by atoms with Gasteiger partial charge in [0.1, 0.15) is 18.0 Å². The highest BCUT2D eigenvalue weighted by Gasteiger charge is 2.15. The van der Waals surface area contributed by atoms with Crippen LogP contribution in [0.1, 0.15) is 12.5 Å². The highest BCUT2D eigenvalue weighted by molar-refractivity contribution is 5.95. The molecule has 0 spiro atoms. The summed E-state index contributed by atoms with van der Waals surface area (Å²) in [6, 6.07) is 21.8. The van der Waals surface area contributed by atoms with Crippen molar-refractivity contribution in [1.82, 2.24) is 20.2 Å². The third-order valence-electron chi connectivity index (χ3n) is 5.26. The number of ether oxygens (including phenoxy) is 2. The van der Waals surface area contributed by atoms with E-state index < -0.39 is 0 Å². The number of aromatic nitrogens is 4. The molecule has 0 aliphatic carbocycles. The zero-order valence-corrected chi connectivity index (χ0v) is 20.0. The van der Waals surface area contributed by atoms with Crippen LogP contribution in [0.3, 0.4) is 0 Å². The average molecular weight is 487 g/mol. The quantitative estimate of drug-likeness (QED) is 0.352. The second kappa shape index (κ2) is 11.6. The van der Waals surface area contributed by atoms with Gasteiger partial charge in [0.2, 0.25) is 11.7 Å². The lowest BCUT2D eigenvalue weighted by Gasteiger charge is -2.10. The molecule has 0 unspecified atom stereocenters.